The molecule has 48 heavy (non-hydrogen) atoms. The molecule has 0 saturated heterocycles. The van der Waals surface area contributed by atoms with Crippen LogP contribution in [0.1, 0.15) is 39.5 Å². The van der Waals surface area contributed by atoms with Gasteiger partial charge in [0.2, 0.25) is 5.75 Å². The molecule has 0 spiro atoms. The van der Waals surface area contributed by atoms with E-state index in [-0.39, 0.29) is 6.10 Å². The molecule has 0 N–H and O–H groups in total. The first-order chi connectivity index (χ1) is 23.8. The summed E-state index contributed by atoms with van der Waals surface area (Å²) in [6.07, 6.45) is 3.72. The van der Waals surface area contributed by atoms with Crippen LogP contribution in [0, 0.1) is 0 Å². The predicted octanol–water partition coefficient (Wildman–Crippen LogP) is 10.1. The van der Waals surface area contributed by atoms with Crippen molar-refractivity contribution in [3.8, 4) is 28.7 Å². The Labute approximate surface area is 281 Å². The summed E-state index contributed by atoms with van der Waals surface area (Å²) in [7, 11) is 0. The van der Waals surface area contributed by atoms with E-state index in [1.54, 1.807) is 0 Å². The van der Waals surface area contributed by atoms with E-state index < -0.39 is 0 Å². The summed E-state index contributed by atoms with van der Waals surface area (Å²) in [5, 5.41) is 0. The minimum absolute atomic E-state index is 0.364. The molecule has 1 atom stereocenters. The van der Waals surface area contributed by atoms with Gasteiger partial charge in [-0.05, 0) is 58.7 Å². The fourth-order valence-corrected chi connectivity index (χ4v) is 5.51. The summed E-state index contributed by atoms with van der Waals surface area (Å²) >= 11 is 0. The largest absolute Gasteiger partial charge is 0.488 e. The molecule has 0 aliphatic carbocycles. The first-order valence-corrected chi connectivity index (χ1v) is 16.1. The normalized spacial score (nSPS) is 13.2. The number of hydrogen-bond acceptors (Lipinski definition) is 5. The zero-order valence-electron chi connectivity index (χ0n) is 26.5. The maximum atomic E-state index is 6.60. The van der Waals surface area contributed by atoms with Gasteiger partial charge in [-0.15, -0.1) is 0 Å². The van der Waals surface area contributed by atoms with Gasteiger partial charge in [0.25, 0.3) is 0 Å². The lowest BCUT2D eigenvalue weighted by atomic mass is 10.0. The molecule has 6 aromatic carbocycles. The van der Waals surface area contributed by atoms with Crippen LogP contribution in [0.4, 0.5) is 0 Å². The van der Waals surface area contributed by atoms with Gasteiger partial charge in [0.1, 0.15) is 44.0 Å². The average molecular weight is 633 g/mol. The van der Waals surface area contributed by atoms with E-state index in [0.29, 0.717) is 43.7 Å². The highest BCUT2D eigenvalue weighted by molar-refractivity contribution is 5.67. The van der Waals surface area contributed by atoms with Crippen LogP contribution < -0.4 is 23.7 Å². The maximum Gasteiger partial charge on any atom is 0.203 e. The smallest absolute Gasteiger partial charge is 0.203 e. The van der Waals surface area contributed by atoms with Gasteiger partial charge in [-0.1, -0.05) is 127 Å². The SMILES string of the molecule is C1=CC(c2cc(OCc3ccccc3)c(OCc3ccccc3)c(OCc3ccccc3)c2)Oc2cccc(OCc3ccccc3)c21. The lowest BCUT2D eigenvalue weighted by molar-refractivity contribution is 0.223. The van der Waals surface area contributed by atoms with Crippen molar-refractivity contribution in [1.82, 2.24) is 0 Å². The second-order valence-corrected chi connectivity index (χ2v) is 11.5. The van der Waals surface area contributed by atoms with E-state index in [4.69, 9.17) is 23.7 Å². The summed E-state index contributed by atoms with van der Waals surface area (Å²) in [4.78, 5) is 0. The van der Waals surface area contributed by atoms with Gasteiger partial charge in [0.15, 0.2) is 11.5 Å². The first kappa shape index (κ1) is 30.7. The Balaban J connectivity index is 1.20. The number of benzene rings is 6. The second kappa shape index (κ2) is 15.1. The molecule has 0 bridgehead atoms. The predicted molar refractivity (Wildman–Crippen MR) is 188 cm³/mol. The van der Waals surface area contributed by atoms with Crippen molar-refractivity contribution >= 4 is 6.08 Å². The fraction of sp³-hybridized carbons (Fsp3) is 0.116. The Morgan fingerprint density at radius 1 is 0.438 bits per heavy atom. The highest BCUT2D eigenvalue weighted by Crippen LogP contribution is 2.45. The van der Waals surface area contributed by atoms with E-state index in [1.165, 1.54) is 0 Å². The Morgan fingerprint density at radius 3 is 1.35 bits per heavy atom. The molecular weight excluding hydrogens is 596 g/mol. The molecule has 0 fully saturated rings. The number of rotatable bonds is 13. The average Bonchev–Trinajstić information content (AvgIpc) is 3.16. The molecule has 1 aliphatic rings. The van der Waals surface area contributed by atoms with Gasteiger partial charge in [0, 0.05) is 5.56 Å². The van der Waals surface area contributed by atoms with Crippen LogP contribution in [0.2, 0.25) is 0 Å². The molecule has 1 unspecified atom stereocenters. The van der Waals surface area contributed by atoms with Crippen LogP contribution in [0.5, 0.6) is 28.7 Å². The second-order valence-electron chi connectivity index (χ2n) is 11.5. The minimum atomic E-state index is -0.386. The molecule has 238 valence electrons. The number of hydrogen-bond donors (Lipinski definition) is 0. The molecule has 5 heteroatoms. The molecule has 0 amide bonds. The topological polar surface area (TPSA) is 46.2 Å². The van der Waals surface area contributed by atoms with Crippen LogP contribution in [0.15, 0.2) is 158 Å². The molecular formula is C43H36O5. The van der Waals surface area contributed by atoms with E-state index in [1.807, 2.05) is 146 Å². The monoisotopic (exact) mass is 632 g/mol. The van der Waals surface area contributed by atoms with Crippen molar-refractivity contribution < 1.29 is 23.7 Å². The zero-order chi connectivity index (χ0) is 32.4. The molecule has 7 rings (SSSR count). The van der Waals surface area contributed by atoms with E-state index in [0.717, 1.165) is 44.9 Å². The van der Waals surface area contributed by atoms with Gasteiger partial charge >= 0.3 is 0 Å². The number of fused-ring (bicyclic) bond motifs is 1. The third-order valence-electron chi connectivity index (χ3n) is 8.03. The Kier molecular flexibility index (Phi) is 9.66. The van der Waals surface area contributed by atoms with E-state index in [2.05, 4.69) is 18.2 Å². The van der Waals surface area contributed by atoms with Gasteiger partial charge in [-0.3, -0.25) is 0 Å². The summed E-state index contributed by atoms with van der Waals surface area (Å²) in [5.74, 6) is 3.23. The summed E-state index contributed by atoms with van der Waals surface area (Å²) in [6, 6.07) is 50.3. The van der Waals surface area contributed by atoms with Crippen LogP contribution in [-0.4, -0.2) is 0 Å². The Bertz CT molecular complexity index is 1880. The standard InChI is InChI=1S/C43H36O5/c1-5-14-32(15-6-1)28-44-39-22-13-23-40-37(39)24-25-38(48-40)36-26-41(45-29-33-16-7-2-8-17-33)43(47-31-35-20-11-4-12-21-35)42(27-36)46-30-34-18-9-3-10-19-34/h1-27,38H,28-31H2. The third kappa shape index (κ3) is 7.71. The zero-order valence-corrected chi connectivity index (χ0v) is 26.5. The van der Waals surface area contributed by atoms with Crippen molar-refractivity contribution in [1.29, 1.82) is 0 Å². The minimum Gasteiger partial charge on any atom is -0.488 e. The first-order valence-electron chi connectivity index (χ1n) is 16.1. The molecule has 0 radical (unpaired) electrons. The van der Waals surface area contributed by atoms with Crippen molar-refractivity contribution in [2.75, 3.05) is 0 Å². The highest BCUT2D eigenvalue weighted by Gasteiger charge is 2.24. The van der Waals surface area contributed by atoms with E-state index in [9.17, 15) is 0 Å². The van der Waals surface area contributed by atoms with E-state index >= 15 is 0 Å². The molecule has 1 heterocycles. The summed E-state index contributed by atoms with van der Waals surface area (Å²) < 4.78 is 32.3. The van der Waals surface area contributed by atoms with Crippen molar-refractivity contribution in [3.05, 3.63) is 191 Å². The van der Waals surface area contributed by atoms with Crippen LogP contribution >= 0.6 is 0 Å². The summed E-state index contributed by atoms with van der Waals surface area (Å²) in [5.41, 5.74) is 6.04. The van der Waals surface area contributed by atoms with Crippen LogP contribution in [0.3, 0.4) is 0 Å². The maximum absolute atomic E-state index is 6.60. The molecule has 1 aliphatic heterocycles. The Hall–Kier alpha value is -5.94. The summed E-state index contributed by atoms with van der Waals surface area (Å²) in [6.45, 7) is 1.58. The number of ether oxygens (including phenoxy) is 5. The van der Waals surface area contributed by atoms with Crippen molar-refractivity contribution in [3.63, 3.8) is 0 Å². The van der Waals surface area contributed by atoms with Gasteiger partial charge in [-0.2, -0.15) is 0 Å². The molecule has 0 saturated carbocycles. The lowest BCUT2D eigenvalue weighted by Crippen LogP contribution is -2.11. The highest BCUT2D eigenvalue weighted by atomic mass is 16.5. The lowest BCUT2D eigenvalue weighted by Gasteiger charge is -2.25. The quantitative estimate of drug-likeness (QED) is 0.127. The Morgan fingerprint density at radius 2 is 0.875 bits per heavy atom. The van der Waals surface area contributed by atoms with Crippen molar-refractivity contribution in [2.45, 2.75) is 32.5 Å². The fourth-order valence-electron chi connectivity index (χ4n) is 5.51. The van der Waals surface area contributed by atoms with Crippen LogP contribution in [0.25, 0.3) is 6.08 Å². The molecule has 0 aromatic heterocycles. The molecule has 6 aromatic rings. The van der Waals surface area contributed by atoms with Gasteiger partial charge in [0.05, 0.1) is 5.56 Å². The van der Waals surface area contributed by atoms with Crippen LogP contribution in [-0.2, 0) is 26.4 Å². The molecule has 5 nitrogen and oxygen atoms in total. The van der Waals surface area contributed by atoms with Gasteiger partial charge < -0.3 is 23.7 Å². The van der Waals surface area contributed by atoms with Gasteiger partial charge in [-0.25, -0.2) is 0 Å². The van der Waals surface area contributed by atoms with Crippen molar-refractivity contribution in [2.24, 2.45) is 0 Å². The third-order valence-corrected chi connectivity index (χ3v) is 8.03.